The third-order valence-corrected chi connectivity index (χ3v) is 6.10. The van der Waals surface area contributed by atoms with Gasteiger partial charge in [0.1, 0.15) is 0 Å². The highest BCUT2D eigenvalue weighted by atomic mass is 32.2. The van der Waals surface area contributed by atoms with Crippen LogP contribution in [0.1, 0.15) is 0 Å². The van der Waals surface area contributed by atoms with E-state index in [2.05, 4.69) is 9.88 Å². The Balaban J connectivity index is 1.86. The number of imidazole rings is 1. The van der Waals surface area contributed by atoms with Crippen molar-refractivity contribution in [2.24, 2.45) is 18.4 Å². The van der Waals surface area contributed by atoms with Gasteiger partial charge in [0.15, 0.2) is 5.03 Å². The molecule has 118 valence electrons. The minimum absolute atomic E-state index is 0.0919. The summed E-state index contributed by atoms with van der Waals surface area (Å²) in [7, 11) is 2.29. The predicted molar refractivity (Wildman–Crippen MR) is 77.3 cm³/mol. The highest BCUT2D eigenvalue weighted by molar-refractivity contribution is 7.89. The second-order valence-electron chi connectivity index (χ2n) is 6.49. The first-order valence-electron chi connectivity index (χ1n) is 7.04. The number of aryl methyl sites for hydroxylation is 1. The number of fused-ring (bicyclic) bond motifs is 1. The Hall–Kier alpha value is -0.960. The maximum Gasteiger partial charge on any atom is 0.262 e. The number of nitrogens with zero attached hydrogens (tertiary/aromatic N) is 4. The first-order chi connectivity index (χ1) is 9.83. The quantitative estimate of drug-likeness (QED) is 0.758. The minimum atomic E-state index is -3.51. The summed E-state index contributed by atoms with van der Waals surface area (Å²) in [6.45, 7) is 3.14. The van der Waals surface area contributed by atoms with E-state index in [1.54, 1.807) is 22.1 Å². The lowest BCUT2D eigenvalue weighted by molar-refractivity contribution is 0.123. The number of aromatic nitrogens is 2. The summed E-state index contributed by atoms with van der Waals surface area (Å²) >= 11 is 0. The van der Waals surface area contributed by atoms with Crippen molar-refractivity contribution < 1.29 is 13.2 Å². The number of hydrogen-bond acceptors (Lipinski definition) is 5. The van der Waals surface area contributed by atoms with Gasteiger partial charge in [0.25, 0.3) is 10.0 Å². The molecule has 21 heavy (non-hydrogen) atoms. The van der Waals surface area contributed by atoms with Gasteiger partial charge in [-0.2, -0.15) is 4.31 Å². The third kappa shape index (κ3) is 2.50. The fourth-order valence-corrected chi connectivity index (χ4v) is 5.02. The van der Waals surface area contributed by atoms with E-state index in [4.69, 9.17) is 4.74 Å². The molecule has 8 heteroatoms. The zero-order valence-electron chi connectivity index (χ0n) is 12.7. The van der Waals surface area contributed by atoms with Gasteiger partial charge in [0, 0.05) is 44.2 Å². The highest BCUT2D eigenvalue weighted by Crippen LogP contribution is 2.43. The molecule has 0 spiro atoms. The Morgan fingerprint density at radius 1 is 1.52 bits per heavy atom. The molecule has 2 aliphatic heterocycles. The molecule has 0 saturated carbocycles. The van der Waals surface area contributed by atoms with Crippen LogP contribution >= 0.6 is 0 Å². The lowest BCUT2D eigenvalue weighted by atomic mass is 9.81. The Bertz CT molecular complexity index is 627. The standard InChI is InChI=1S/C13H22N4O3S/c1-15(2)7-13-8-17(4-11(13)6-20-9-13)21(18,19)12-5-16(3)10-14-12/h5,10-11H,4,6-9H2,1-3H3/t11-,13+/m1/s1. The fourth-order valence-electron chi connectivity index (χ4n) is 3.47. The van der Waals surface area contributed by atoms with E-state index < -0.39 is 10.0 Å². The topological polar surface area (TPSA) is 67.7 Å². The van der Waals surface area contributed by atoms with Crippen molar-refractivity contribution in [2.45, 2.75) is 5.03 Å². The molecule has 7 nitrogen and oxygen atoms in total. The van der Waals surface area contributed by atoms with Crippen LogP contribution in [0.3, 0.4) is 0 Å². The monoisotopic (exact) mass is 314 g/mol. The molecule has 3 rings (SSSR count). The van der Waals surface area contributed by atoms with Gasteiger partial charge in [-0.3, -0.25) is 0 Å². The van der Waals surface area contributed by atoms with Crippen LogP contribution in [0.15, 0.2) is 17.6 Å². The molecule has 0 aromatic carbocycles. The average molecular weight is 314 g/mol. The Labute approximate surface area is 125 Å². The molecule has 2 atom stereocenters. The summed E-state index contributed by atoms with van der Waals surface area (Å²) in [5.41, 5.74) is -0.0919. The second-order valence-corrected chi connectivity index (χ2v) is 8.37. The molecule has 2 saturated heterocycles. The van der Waals surface area contributed by atoms with Crippen molar-refractivity contribution in [1.82, 2.24) is 18.8 Å². The first-order valence-corrected chi connectivity index (χ1v) is 8.48. The molecule has 1 aromatic heterocycles. The Morgan fingerprint density at radius 3 is 2.90 bits per heavy atom. The predicted octanol–water partition coefficient (Wildman–Crippen LogP) is -0.381. The first kappa shape index (κ1) is 15.0. The van der Waals surface area contributed by atoms with E-state index in [1.807, 2.05) is 14.1 Å². The lowest BCUT2D eigenvalue weighted by Gasteiger charge is -2.30. The van der Waals surface area contributed by atoms with Crippen molar-refractivity contribution in [1.29, 1.82) is 0 Å². The summed E-state index contributed by atoms with van der Waals surface area (Å²) in [4.78, 5) is 6.11. The zero-order chi connectivity index (χ0) is 15.3. The van der Waals surface area contributed by atoms with E-state index in [0.29, 0.717) is 26.3 Å². The second kappa shape index (κ2) is 5.05. The molecule has 2 fully saturated rings. The van der Waals surface area contributed by atoms with Gasteiger partial charge >= 0.3 is 0 Å². The summed E-state index contributed by atoms with van der Waals surface area (Å²) < 4.78 is 34.3. The smallest absolute Gasteiger partial charge is 0.262 e. The SMILES string of the molecule is CN(C)C[C@]12COC[C@H]1CN(S(=O)(=O)c1cn(C)cn1)C2. The maximum atomic E-state index is 12.7. The normalized spacial score (nSPS) is 30.2. The summed E-state index contributed by atoms with van der Waals surface area (Å²) in [5.74, 6) is 0.262. The molecular formula is C13H22N4O3S. The van der Waals surface area contributed by atoms with Crippen LogP contribution in [0.2, 0.25) is 0 Å². The molecule has 0 amide bonds. The summed E-state index contributed by atoms with van der Waals surface area (Å²) in [6, 6.07) is 0. The number of hydrogen-bond donors (Lipinski definition) is 0. The number of sulfonamides is 1. The fraction of sp³-hybridized carbons (Fsp3) is 0.769. The maximum absolute atomic E-state index is 12.7. The van der Waals surface area contributed by atoms with Gasteiger partial charge in [-0.05, 0) is 14.1 Å². The van der Waals surface area contributed by atoms with Gasteiger partial charge in [0.05, 0.1) is 19.5 Å². The van der Waals surface area contributed by atoms with Gasteiger partial charge in [-0.15, -0.1) is 0 Å². The van der Waals surface area contributed by atoms with E-state index in [-0.39, 0.29) is 16.4 Å². The van der Waals surface area contributed by atoms with Crippen LogP contribution in [-0.2, 0) is 21.8 Å². The molecule has 3 heterocycles. The van der Waals surface area contributed by atoms with E-state index in [9.17, 15) is 8.42 Å². The lowest BCUT2D eigenvalue weighted by Crippen LogP contribution is -2.41. The average Bonchev–Trinajstić information content (AvgIpc) is 3.01. The summed E-state index contributed by atoms with van der Waals surface area (Å²) in [5, 5.41) is 0.130. The third-order valence-electron chi connectivity index (χ3n) is 4.41. The van der Waals surface area contributed by atoms with Crippen LogP contribution in [-0.4, -0.2) is 74.1 Å². The van der Waals surface area contributed by atoms with Gasteiger partial charge in [-0.1, -0.05) is 0 Å². The van der Waals surface area contributed by atoms with Crippen LogP contribution in [0.4, 0.5) is 0 Å². The Kier molecular flexibility index (Phi) is 3.59. The molecule has 0 aliphatic carbocycles. The highest BCUT2D eigenvalue weighted by Gasteiger charge is 2.53. The van der Waals surface area contributed by atoms with Crippen molar-refractivity contribution in [2.75, 3.05) is 46.9 Å². The van der Waals surface area contributed by atoms with Gasteiger partial charge < -0.3 is 14.2 Å². The minimum Gasteiger partial charge on any atom is -0.380 e. The van der Waals surface area contributed by atoms with E-state index in [0.717, 1.165) is 6.54 Å². The number of rotatable bonds is 4. The van der Waals surface area contributed by atoms with E-state index in [1.165, 1.54) is 6.33 Å². The molecule has 0 unspecified atom stereocenters. The van der Waals surface area contributed by atoms with Crippen molar-refractivity contribution >= 4 is 10.0 Å². The Morgan fingerprint density at radius 2 is 2.29 bits per heavy atom. The summed E-state index contributed by atoms with van der Waals surface area (Å²) in [6.07, 6.45) is 3.07. The van der Waals surface area contributed by atoms with Crippen molar-refractivity contribution in [3.8, 4) is 0 Å². The molecule has 1 aromatic rings. The molecule has 0 bridgehead atoms. The number of ether oxygens (including phenoxy) is 1. The van der Waals surface area contributed by atoms with Gasteiger partial charge in [0.2, 0.25) is 0 Å². The van der Waals surface area contributed by atoms with Crippen molar-refractivity contribution in [3.63, 3.8) is 0 Å². The largest absolute Gasteiger partial charge is 0.380 e. The molecule has 2 aliphatic rings. The van der Waals surface area contributed by atoms with Crippen LogP contribution in [0, 0.1) is 11.3 Å². The van der Waals surface area contributed by atoms with Gasteiger partial charge in [-0.25, -0.2) is 13.4 Å². The molecule has 0 N–H and O–H groups in total. The molecule has 0 radical (unpaired) electrons. The van der Waals surface area contributed by atoms with Crippen molar-refractivity contribution in [3.05, 3.63) is 12.5 Å². The molecular weight excluding hydrogens is 292 g/mol. The van der Waals surface area contributed by atoms with Crippen LogP contribution in [0.25, 0.3) is 0 Å². The van der Waals surface area contributed by atoms with Crippen LogP contribution < -0.4 is 0 Å². The zero-order valence-corrected chi connectivity index (χ0v) is 13.5. The van der Waals surface area contributed by atoms with Crippen LogP contribution in [0.5, 0.6) is 0 Å². The van der Waals surface area contributed by atoms with E-state index >= 15 is 0 Å².